The van der Waals surface area contributed by atoms with Gasteiger partial charge in [0.15, 0.2) is 0 Å². The summed E-state index contributed by atoms with van der Waals surface area (Å²) in [5.74, 6) is -0.461. The molecular formula is C18H25N3O3. The van der Waals surface area contributed by atoms with Crippen molar-refractivity contribution in [2.24, 2.45) is 0 Å². The maximum absolute atomic E-state index is 12.6. The Labute approximate surface area is 142 Å². The summed E-state index contributed by atoms with van der Waals surface area (Å²) in [6.45, 7) is 6.27. The normalized spacial score (nSPS) is 17.1. The molecule has 1 atom stereocenters. The van der Waals surface area contributed by atoms with Crippen LogP contribution in [0.3, 0.4) is 0 Å². The molecule has 1 aliphatic heterocycles. The first kappa shape index (κ1) is 18.0. The molecule has 0 bridgehead atoms. The van der Waals surface area contributed by atoms with Gasteiger partial charge in [0, 0.05) is 12.1 Å². The Morgan fingerprint density at radius 3 is 2.67 bits per heavy atom. The van der Waals surface area contributed by atoms with Crippen LogP contribution in [-0.4, -0.2) is 30.4 Å². The quantitative estimate of drug-likeness (QED) is 0.596. The average molecular weight is 331 g/mol. The first-order valence-corrected chi connectivity index (χ1v) is 8.52. The zero-order chi connectivity index (χ0) is 17.7. The number of aryl methyl sites for hydroxylation is 1. The highest BCUT2D eigenvalue weighted by atomic mass is 16.2. The van der Waals surface area contributed by atoms with Crippen molar-refractivity contribution in [1.82, 2.24) is 10.6 Å². The first-order chi connectivity index (χ1) is 11.5. The van der Waals surface area contributed by atoms with Crippen molar-refractivity contribution in [2.75, 3.05) is 11.4 Å². The van der Waals surface area contributed by atoms with Crippen LogP contribution >= 0.6 is 0 Å². The van der Waals surface area contributed by atoms with Gasteiger partial charge in [0.25, 0.3) is 11.8 Å². The Morgan fingerprint density at radius 1 is 1.25 bits per heavy atom. The van der Waals surface area contributed by atoms with Crippen molar-refractivity contribution < 1.29 is 14.4 Å². The minimum Gasteiger partial charge on any atom is -0.352 e. The third kappa shape index (κ3) is 3.75. The summed E-state index contributed by atoms with van der Waals surface area (Å²) in [4.78, 5) is 38.1. The van der Waals surface area contributed by atoms with E-state index in [1.165, 1.54) is 0 Å². The summed E-state index contributed by atoms with van der Waals surface area (Å²) < 4.78 is 0. The second-order valence-electron chi connectivity index (χ2n) is 6.03. The van der Waals surface area contributed by atoms with Crippen molar-refractivity contribution >= 4 is 23.5 Å². The van der Waals surface area contributed by atoms with Gasteiger partial charge < -0.3 is 10.6 Å². The highest BCUT2D eigenvalue weighted by Gasteiger charge is 2.39. The number of imide groups is 1. The second-order valence-corrected chi connectivity index (χ2v) is 6.03. The van der Waals surface area contributed by atoms with Gasteiger partial charge in [0.1, 0.15) is 6.04 Å². The minimum absolute atomic E-state index is 0.217. The fourth-order valence-electron chi connectivity index (χ4n) is 2.81. The standard InChI is InChI=1S/C18H25N3O3/c1-4-6-7-8-14-17(23)21(18(24)20-14)15-11-13(10-9-12(15)3)16(22)19-5-2/h9-11,14H,4-8H2,1-3H3,(H,19,22)(H,20,24)/t14-/m0/s1. The number of carbonyl (C=O) groups is 3. The summed E-state index contributed by atoms with van der Waals surface area (Å²) in [7, 11) is 0. The Bertz CT molecular complexity index is 642. The number of nitrogens with zero attached hydrogens (tertiary/aromatic N) is 1. The molecule has 6 heteroatoms. The van der Waals surface area contributed by atoms with E-state index in [2.05, 4.69) is 17.6 Å². The van der Waals surface area contributed by atoms with E-state index < -0.39 is 12.1 Å². The van der Waals surface area contributed by atoms with Gasteiger partial charge in [-0.3, -0.25) is 9.59 Å². The second kappa shape index (κ2) is 7.95. The van der Waals surface area contributed by atoms with E-state index in [1.54, 1.807) is 18.2 Å². The Morgan fingerprint density at radius 2 is 2.00 bits per heavy atom. The molecule has 2 rings (SSSR count). The van der Waals surface area contributed by atoms with Gasteiger partial charge in [-0.25, -0.2) is 9.69 Å². The molecule has 24 heavy (non-hydrogen) atoms. The fourth-order valence-corrected chi connectivity index (χ4v) is 2.81. The topological polar surface area (TPSA) is 78.5 Å². The third-order valence-corrected chi connectivity index (χ3v) is 4.17. The van der Waals surface area contributed by atoms with Crippen LogP contribution in [-0.2, 0) is 4.79 Å². The Balaban J connectivity index is 2.23. The zero-order valence-electron chi connectivity index (χ0n) is 14.5. The molecule has 0 unspecified atom stereocenters. The van der Waals surface area contributed by atoms with Crippen LogP contribution in [0.5, 0.6) is 0 Å². The predicted molar refractivity (Wildman–Crippen MR) is 93.1 cm³/mol. The SMILES string of the molecule is CCCCC[C@@H]1NC(=O)N(c2cc(C(=O)NCC)ccc2C)C1=O. The van der Waals surface area contributed by atoms with Crippen molar-refractivity contribution in [1.29, 1.82) is 0 Å². The molecule has 6 nitrogen and oxygen atoms in total. The van der Waals surface area contributed by atoms with Crippen LogP contribution in [0.4, 0.5) is 10.5 Å². The third-order valence-electron chi connectivity index (χ3n) is 4.17. The number of anilines is 1. The molecule has 1 saturated heterocycles. The van der Waals surface area contributed by atoms with Crippen molar-refractivity contribution in [3.05, 3.63) is 29.3 Å². The van der Waals surface area contributed by atoms with E-state index in [9.17, 15) is 14.4 Å². The molecule has 0 aliphatic carbocycles. The number of urea groups is 1. The number of rotatable bonds is 7. The molecule has 0 spiro atoms. The predicted octanol–water partition coefficient (Wildman–Crippen LogP) is 2.75. The van der Waals surface area contributed by atoms with E-state index in [4.69, 9.17) is 0 Å². The highest BCUT2D eigenvalue weighted by Crippen LogP contribution is 2.26. The van der Waals surface area contributed by atoms with Crippen LogP contribution in [0.25, 0.3) is 0 Å². The lowest BCUT2D eigenvalue weighted by molar-refractivity contribution is -0.118. The number of carbonyl (C=O) groups excluding carboxylic acids is 3. The molecular weight excluding hydrogens is 306 g/mol. The van der Waals surface area contributed by atoms with Crippen LogP contribution in [0.1, 0.15) is 55.5 Å². The number of unbranched alkanes of at least 4 members (excludes halogenated alkanes) is 2. The van der Waals surface area contributed by atoms with Gasteiger partial charge in [-0.1, -0.05) is 32.3 Å². The molecule has 4 amide bonds. The van der Waals surface area contributed by atoms with Gasteiger partial charge in [-0.15, -0.1) is 0 Å². The molecule has 1 heterocycles. The van der Waals surface area contributed by atoms with Gasteiger partial charge in [-0.2, -0.15) is 0 Å². The molecule has 1 fully saturated rings. The molecule has 0 radical (unpaired) electrons. The number of hydrogen-bond donors (Lipinski definition) is 2. The molecule has 2 N–H and O–H groups in total. The maximum Gasteiger partial charge on any atom is 0.329 e. The van der Waals surface area contributed by atoms with Gasteiger partial charge in [-0.05, 0) is 38.0 Å². The minimum atomic E-state index is -0.475. The lowest BCUT2D eigenvalue weighted by Crippen LogP contribution is -2.32. The number of hydrogen-bond acceptors (Lipinski definition) is 3. The smallest absolute Gasteiger partial charge is 0.329 e. The largest absolute Gasteiger partial charge is 0.352 e. The Hall–Kier alpha value is -2.37. The summed E-state index contributed by atoms with van der Waals surface area (Å²) in [6.07, 6.45) is 3.64. The summed E-state index contributed by atoms with van der Waals surface area (Å²) in [6, 6.07) is 4.16. The van der Waals surface area contributed by atoms with Crippen LogP contribution in [0, 0.1) is 6.92 Å². The molecule has 130 valence electrons. The van der Waals surface area contributed by atoms with E-state index in [0.717, 1.165) is 29.7 Å². The summed E-state index contributed by atoms with van der Waals surface area (Å²) in [5, 5.41) is 5.47. The fraction of sp³-hybridized carbons (Fsp3) is 0.500. The molecule has 1 aromatic carbocycles. The van der Waals surface area contributed by atoms with Gasteiger partial charge >= 0.3 is 6.03 Å². The van der Waals surface area contributed by atoms with Crippen LogP contribution in [0.15, 0.2) is 18.2 Å². The van der Waals surface area contributed by atoms with E-state index >= 15 is 0 Å². The molecule has 0 aromatic heterocycles. The molecule has 1 aliphatic rings. The van der Waals surface area contributed by atoms with E-state index in [0.29, 0.717) is 24.2 Å². The first-order valence-electron chi connectivity index (χ1n) is 8.52. The summed E-state index contributed by atoms with van der Waals surface area (Å²) >= 11 is 0. The van der Waals surface area contributed by atoms with Crippen molar-refractivity contribution in [3.63, 3.8) is 0 Å². The lowest BCUT2D eigenvalue weighted by Gasteiger charge is -2.17. The van der Waals surface area contributed by atoms with Gasteiger partial charge in [0.05, 0.1) is 5.69 Å². The zero-order valence-corrected chi connectivity index (χ0v) is 14.5. The average Bonchev–Trinajstić information content (AvgIpc) is 2.83. The lowest BCUT2D eigenvalue weighted by atomic mass is 10.1. The Kier molecular flexibility index (Phi) is 5.95. The van der Waals surface area contributed by atoms with Crippen molar-refractivity contribution in [2.45, 2.75) is 52.5 Å². The monoisotopic (exact) mass is 331 g/mol. The number of nitrogens with one attached hydrogen (secondary N) is 2. The molecule has 0 saturated carbocycles. The van der Waals surface area contributed by atoms with E-state index in [-0.39, 0.29) is 11.8 Å². The van der Waals surface area contributed by atoms with E-state index in [1.807, 2.05) is 13.8 Å². The number of benzene rings is 1. The van der Waals surface area contributed by atoms with Crippen LogP contribution in [0.2, 0.25) is 0 Å². The van der Waals surface area contributed by atoms with Crippen LogP contribution < -0.4 is 15.5 Å². The molecule has 1 aromatic rings. The number of amides is 4. The van der Waals surface area contributed by atoms with Gasteiger partial charge in [0.2, 0.25) is 0 Å². The highest BCUT2D eigenvalue weighted by molar-refractivity contribution is 6.22. The summed E-state index contributed by atoms with van der Waals surface area (Å²) in [5.41, 5.74) is 1.69. The van der Waals surface area contributed by atoms with Crippen molar-refractivity contribution in [3.8, 4) is 0 Å². The maximum atomic E-state index is 12.6.